The molecule has 0 saturated carbocycles. The lowest BCUT2D eigenvalue weighted by atomic mass is 9.99. The second-order valence-electron chi connectivity index (χ2n) is 7.33. The van der Waals surface area contributed by atoms with E-state index < -0.39 is 43.1 Å². The van der Waals surface area contributed by atoms with Gasteiger partial charge in [0.2, 0.25) is 0 Å². The molecular weight excluding hydrogens is 425 g/mol. The van der Waals surface area contributed by atoms with Crippen molar-refractivity contribution in [2.24, 2.45) is 0 Å². The number of amides is 2. The number of alkyl halides is 2. The van der Waals surface area contributed by atoms with Crippen LogP contribution in [0.4, 0.5) is 18.0 Å². The first-order valence-electron chi connectivity index (χ1n) is 8.97. The smallest absolute Gasteiger partial charge is 0.409 e. The summed E-state index contributed by atoms with van der Waals surface area (Å²) in [6.07, 6.45) is -1.60. The highest BCUT2D eigenvalue weighted by Crippen LogP contribution is 2.40. The number of likely N-dealkylation sites (N-methyl/N-ethyl adjacent to an activating group) is 1. The molecule has 0 aliphatic carbocycles. The molecule has 0 spiro atoms. The third-order valence-corrected chi connectivity index (χ3v) is 5.45. The number of likely N-dealkylation sites (tertiary alicyclic amines) is 1. The van der Waals surface area contributed by atoms with Gasteiger partial charge in [-0.1, -0.05) is 17.7 Å². The van der Waals surface area contributed by atoms with Crippen LogP contribution in [0.1, 0.15) is 15.9 Å². The Hall–Kier alpha value is -2.94. The number of fused-ring (bicyclic) bond motifs is 1. The normalized spacial score (nSPS) is 19.0. The van der Waals surface area contributed by atoms with Gasteiger partial charge in [0.15, 0.2) is 6.23 Å². The number of halogens is 4. The highest BCUT2D eigenvalue weighted by atomic mass is 35.5. The monoisotopic (exact) mass is 440 g/mol. The van der Waals surface area contributed by atoms with Crippen molar-refractivity contribution in [3.05, 3.63) is 52.3 Å². The summed E-state index contributed by atoms with van der Waals surface area (Å²) in [5.74, 6) is -4.18. The molecule has 2 aromatic rings. The third kappa shape index (κ3) is 3.54. The Morgan fingerprint density at radius 3 is 2.53 bits per heavy atom. The van der Waals surface area contributed by atoms with Gasteiger partial charge >= 0.3 is 6.09 Å². The van der Waals surface area contributed by atoms with Gasteiger partial charge in [0.1, 0.15) is 11.6 Å². The number of ether oxygens (including phenoxy) is 1. The number of nitrogens with zero attached hydrogens (tertiary/aromatic N) is 2. The van der Waals surface area contributed by atoms with Crippen molar-refractivity contribution >= 4 is 23.6 Å². The van der Waals surface area contributed by atoms with Crippen LogP contribution in [0.3, 0.4) is 0 Å². The van der Waals surface area contributed by atoms with Crippen LogP contribution >= 0.6 is 11.6 Å². The van der Waals surface area contributed by atoms with Crippen LogP contribution in [0.15, 0.2) is 30.3 Å². The highest BCUT2D eigenvalue weighted by molar-refractivity contribution is 6.32. The molecule has 0 bridgehead atoms. The molecule has 6 nitrogen and oxygen atoms in total. The SMILES string of the molecule is CN(C(=O)O)C1Cc2cc(-c3ccc(C(=O)N4CC(F)(F)C4)c(F)c3)cc(Cl)c2O1. The standard InChI is InChI=1S/C20H16ClF3N2O4/c1-25(19(28)29)16-7-12-4-11(5-14(21)17(12)30-16)10-2-3-13(15(22)6-10)18(27)26-8-20(23,24)9-26/h2-6,16H,7-9H2,1H3,(H,28,29). The van der Waals surface area contributed by atoms with Crippen molar-refractivity contribution in [2.45, 2.75) is 18.6 Å². The zero-order valence-corrected chi connectivity index (χ0v) is 16.4. The van der Waals surface area contributed by atoms with Crippen molar-refractivity contribution in [1.29, 1.82) is 0 Å². The molecule has 0 aromatic heterocycles. The first-order chi connectivity index (χ1) is 14.1. The van der Waals surface area contributed by atoms with E-state index in [0.29, 0.717) is 22.4 Å². The van der Waals surface area contributed by atoms with E-state index in [1.807, 2.05) is 0 Å². The van der Waals surface area contributed by atoms with E-state index in [9.17, 15) is 22.8 Å². The predicted octanol–water partition coefficient (Wildman–Crippen LogP) is 4.11. The van der Waals surface area contributed by atoms with E-state index in [2.05, 4.69) is 0 Å². The zero-order chi connectivity index (χ0) is 21.8. The molecule has 2 aliphatic heterocycles. The summed E-state index contributed by atoms with van der Waals surface area (Å²) in [6, 6.07) is 7.16. The van der Waals surface area contributed by atoms with Gasteiger partial charge in [-0.2, -0.15) is 0 Å². The molecule has 1 saturated heterocycles. The minimum Gasteiger partial charge on any atom is -0.468 e. The van der Waals surface area contributed by atoms with Gasteiger partial charge in [0, 0.05) is 19.0 Å². The Morgan fingerprint density at radius 1 is 1.23 bits per heavy atom. The number of rotatable bonds is 3. The minimum atomic E-state index is -2.93. The lowest BCUT2D eigenvalue weighted by molar-refractivity contribution is -0.113. The van der Waals surface area contributed by atoms with Gasteiger partial charge in [0.25, 0.3) is 11.8 Å². The Bertz CT molecular complexity index is 1050. The maximum absolute atomic E-state index is 14.6. The lowest BCUT2D eigenvalue weighted by Crippen LogP contribution is -2.58. The maximum atomic E-state index is 14.6. The lowest BCUT2D eigenvalue weighted by Gasteiger charge is -2.38. The highest BCUT2D eigenvalue weighted by Gasteiger charge is 2.46. The average molecular weight is 441 g/mol. The fourth-order valence-corrected chi connectivity index (χ4v) is 3.78. The van der Waals surface area contributed by atoms with Crippen LogP contribution in [0.5, 0.6) is 5.75 Å². The van der Waals surface area contributed by atoms with E-state index in [1.54, 1.807) is 12.1 Å². The van der Waals surface area contributed by atoms with Crippen molar-refractivity contribution in [1.82, 2.24) is 9.80 Å². The number of carbonyl (C=O) groups is 2. The van der Waals surface area contributed by atoms with E-state index in [1.165, 1.54) is 19.2 Å². The largest absolute Gasteiger partial charge is 0.468 e. The van der Waals surface area contributed by atoms with Crippen molar-refractivity contribution < 1.29 is 32.6 Å². The topological polar surface area (TPSA) is 70.1 Å². The fourth-order valence-electron chi connectivity index (χ4n) is 3.50. The van der Waals surface area contributed by atoms with Gasteiger partial charge < -0.3 is 14.7 Å². The van der Waals surface area contributed by atoms with Gasteiger partial charge in [-0.25, -0.2) is 18.0 Å². The summed E-state index contributed by atoms with van der Waals surface area (Å²) >= 11 is 6.27. The molecule has 1 unspecified atom stereocenters. The quantitative estimate of drug-likeness (QED) is 0.780. The van der Waals surface area contributed by atoms with Gasteiger partial charge in [-0.3, -0.25) is 9.69 Å². The molecule has 1 fully saturated rings. The number of benzene rings is 2. The molecule has 4 rings (SSSR count). The summed E-state index contributed by atoms with van der Waals surface area (Å²) in [5, 5.41) is 9.36. The molecule has 30 heavy (non-hydrogen) atoms. The van der Waals surface area contributed by atoms with Gasteiger partial charge in [-0.15, -0.1) is 0 Å². The Kier molecular flexibility index (Phi) is 4.80. The fraction of sp³-hybridized carbons (Fsp3) is 0.300. The summed E-state index contributed by atoms with van der Waals surface area (Å²) in [4.78, 5) is 25.3. The molecule has 1 N–H and O–H groups in total. The average Bonchev–Trinajstić information content (AvgIpc) is 3.09. The second-order valence-corrected chi connectivity index (χ2v) is 7.74. The first kappa shape index (κ1) is 20.3. The van der Waals surface area contributed by atoms with Crippen LogP contribution in [0.25, 0.3) is 11.1 Å². The number of hydrogen-bond donors (Lipinski definition) is 1. The van der Waals surface area contributed by atoms with Crippen LogP contribution in [-0.4, -0.2) is 59.2 Å². The Labute approximate surface area is 174 Å². The summed E-state index contributed by atoms with van der Waals surface area (Å²) < 4.78 is 46.1. The molecular formula is C20H16ClF3N2O4. The molecule has 1 atom stereocenters. The van der Waals surface area contributed by atoms with Crippen LogP contribution in [-0.2, 0) is 6.42 Å². The first-order valence-corrected chi connectivity index (χ1v) is 9.35. The molecule has 0 radical (unpaired) electrons. The van der Waals surface area contributed by atoms with Gasteiger partial charge in [0.05, 0.1) is 23.7 Å². The summed E-state index contributed by atoms with van der Waals surface area (Å²) in [5.41, 5.74) is 1.36. The van der Waals surface area contributed by atoms with E-state index in [-0.39, 0.29) is 17.0 Å². The van der Waals surface area contributed by atoms with Crippen molar-refractivity contribution in [3.63, 3.8) is 0 Å². The van der Waals surface area contributed by atoms with Crippen molar-refractivity contribution in [2.75, 3.05) is 20.1 Å². The number of carboxylic acid groups (broad SMARTS) is 1. The van der Waals surface area contributed by atoms with Crippen LogP contribution in [0.2, 0.25) is 5.02 Å². The second kappa shape index (κ2) is 7.09. The Morgan fingerprint density at radius 2 is 1.93 bits per heavy atom. The molecule has 2 amide bonds. The van der Waals surface area contributed by atoms with Crippen LogP contribution < -0.4 is 4.74 Å². The predicted molar refractivity (Wildman–Crippen MR) is 102 cm³/mol. The van der Waals surface area contributed by atoms with E-state index in [4.69, 9.17) is 21.4 Å². The third-order valence-electron chi connectivity index (χ3n) is 5.17. The molecule has 2 aliphatic rings. The summed E-state index contributed by atoms with van der Waals surface area (Å²) in [6.45, 7) is -1.45. The number of hydrogen-bond acceptors (Lipinski definition) is 3. The molecule has 2 heterocycles. The minimum absolute atomic E-state index is 0.243. The van der Waals surface area contributed by atoms with Crippen molar-refractivity contribution in [3.8, 4) is 16.9 Å². The molecule has 10 heteroatoms. The molecule has 158 valence electrons. The zero-order valence-electron chi connectivity index (χ0n) is 15.7. The van der Waals surface area contributed by atoms with E-state index in [0.717, 1.165) is 15.9 Å². The maximum Gasteiger partial charge on any atom is 0.409 e. The summed E-state index contributed by atoms with van der Waals surface area (Å²) in [7, 11) is 1.38. The number of carbonyl (C=O) groups excluding carboxylic acids is 1. The molecule has 2 aromatic carbocycles. The van der Waals surface area contributed by atoms with Gasteiger partial charge in [-0.05, 0) is 35.4 Å². The van der Waals surface area contributed by atoms with E-state index >= 15 is 0 Å². The van der Waals surface area contributed by atoms with Crippen LogP contribution in [0, 0.1) is 5.82 Å². The Balaban J connectivity index is 1.58.